The second-order valence-electron chi connectivity index (χ2n) is 8.18. The quantitative estimate of drug-likeness (QED) is 0.814. The molecule has 1 fully saturated rings. The van der Waals surface area contributed by atoms with Crippen molar-refractivity contribution in [1.82, 2.24) is 10.2 Å². The number of nitrogens with one attached hydrogen (secondary N) is 1. The van der Waals surface area contributed by atoms with Gasteiger partial charge in [0.1, 0.15) is 13.2 Å². The van der Waals surface area contributed by atoms with E-state index in [4.69, 9.17) is 13.9 Å². The van der Waals surface area contributed by atoms with Gasteiger partial charge in [0.05, 0.1) is 12.3 Å². The Morgan fingerprint density at radius 3 is 2.47 bits per heavy atom. The zero-order valence-corrected chi connectivity index (χ0v) is 17.4. The van der Waals surface area contributed by atoms with Crippen molar-refractivity contribution in [3.05, 3.63) is 47.9 Å². The molecule has 0 saturated carbocycles. The summed E-state index contributed by atoms with van der Waals surface area (Å²) in [6.07, 6.45) is 2.78. The number of nitrogens with zero attached hydrogens (tertiary/aromatic N) is 1. The van der Waals surface area contributed by atoms with Crippen LogP contribution in [0.15, 0.2) is 41.0 Å². The number of benzene rings is 1. The summed E-state index contributed by atoms with van der Waals surface area (Å²) in [4.78, 5) is 27.2. The number of carbonyl (C=O) groups is 2. The van der Waals surface area contributed by atoms with Gasteiger partial charge in [-0.25, -0.2) is 0 Å². The lowest BCUT2D eigenvalue weighted by molar-refractivity contribution is -0.127. The molecule has 7 heteroatoms. The van der Waals surface area contributed by atoms with Gasteiger partial charge in [0.2, 0.25) is 5.91 Å². The minimum absolute atomic E-state index is 0.0358. The predicted octanol–water partition coefficient (Wildman–Crippen LogP) is 3.42. The summed E-state index contributed by atoms with van der Waals surface area (Å²) < 4.78 is 16.5. The van der Waals surface area contributed by atoms with Gasteiger partial charge in [0.25, 0.3) is 5.91 Å². The Morgan fingerprint density at radius 1 is 1.07 bits per heavy atom. The number of furan rings is 1. The largest absolute Gasteiger partial charge is 0.486 e. The van der Waals surface area contributed by atoms with E-state index in [2.05, 4.69) is 19.2 Å². The molecule has 0 unspecified atom stereocenters. The maximum Gasteiger partial charge on any atom is 0.289 e. The van der Waals surface area contributed by atoms with Crippen LogP contribution >= 0.6 is 0 Å². The first kappa shape index (κ1) is 20.3. The topological polar surface area (TPSA) is 81.0 Å². The lowest BCUT2D eigenvalue weighted by atomic mass is 9.92. The van der Waals surface area contributed by atoms with Crippen molar-refractivity contribution in [2.45, 2.75) is 32.7 Å². The number of amides is 2. The molecule has 0 spiro atoms. The van der Waals surface area contributed by atoms with E-state index in [1.165, 1.54) is 6.26 Å². The van der Waals surface area contributed by atoms with Crippen molar-refractivity contribution < 1.29 is 23.5 Å². The van der Waals surface area contributed by atoms with Crippen LogP contribution in [0.3, 0.4) is 0 Å². The molecular formula is C23H28N2O5. The number of carbonyl (C=O) groups excluding carboxylic acids is 2. The molecule has 4 rings (SSSR count). The number of rotatable bonds is 5. The van der Waals surface area contributed by atoms with Crippen LogP contribution in [0.2, 0.25) is 0 Å². The molecular weight excluding hydrogens is 384 g/mol. The van der Waals surface area contributed by atoms with Gasteiger partial charge in [0.15, 0.2) is 17.3 Å². The van der Waals surface area contributed by atoms with Gasteiger partial charge >= 0.3 is 0 Å². The highest BCUT2D eigenvalue weighted by molar-refractivity contribution is 5.91. The Hall–Kier alpha value is -2.96. The first-order valence-corrected chi connectivity index (χ1v) is 10.6. The van der Waals surface area contributed by atoms with E-state index >= 15 is 0 Å². The molecule has 1 saturated heterocycles. The first-order chi connectivity index (χ1) is 14.5. The van der Waals surface area contributed by atoms with Crippen LogP contribution in [0.4, 0.5) is 0 Å². The van der Waals surface area contributed by atoms with Gasteiger partial charge in [-0.05, 0) is 48.6 Å². The summed E-state index contributed by atoms with van der Waals surface area (Å²) >= 11 is 0. The molecule has 2 aliphatic heterocycles. The molecule has 2 aromatic rings. The fourth-order valence-corrected chi connectivity index (χ4v) is 4.06. The minimum Gasteiger partial charge on any atom is -0.486 e. The summed E-state index contributed by atoms with van der Waals surface area (Å²) in [7, 11) is 0. The number of likely N-dealkylation sites (tertiary alicyclic amines) is 1. The zero-order valence-electron chi connectivity index (χ0n) is 17.4. The van der Waals surface area contributed by atoms with Crippen molar-refractivity contribution in [2.24, 2.45) is 11.8 Å². The van der Waals surface area contributed by atoms with E-state index in [0.29, 0.717) is 44.9 Å². The molecule has 0 aliphatic carbocycles. The molecule has 160 valence electrons. The molecule has 1 aromatic heterocycles. The van der Waals surface area contributed by atoms with Crippen molar-refractivity contribution >= 4 is 11.8 Å². The molecule has 0 radical (unpaired) electrons. The zero-order chi connectivity index (χ0) is 21.1. The number of fused-ring (bicyclic) bond motifs is 1. The molecule has 2 amide bonds. The second kappa shape index (κ2) is 8.81. The molecule has 0 bridgehead atoms. The molecule has 1 aromatic carbocycles. The third kappa shape index (κ3) is 4.30. The molecule has 2 aliphatic rings. The third-order valence-electron chi connectivity index (χ3n) is 5.77. The van der Waals surface area contributed by atoms with Crippen LogP contribution in [0.25, 0.3) is 0 Å². The number of hydrogen-bond acceptors (Lipinski definition) is 5. The van der Waals surface area contributed by atoms with E-state index in [-0.39, 0.29) is 29.7 Å². The van der Waals surface area contributed by atoms with Crippen LogP contribution in [0.1, 0.15) is 48.8 Å². The Balaban J connectivity index is 1.38. The Morgan fingerprint density at radius 2 is 1.80 bits per heavy atom. The van der Waals surface area contributed by atoms with Crippen LogP contribution in [0.5, 0.6) is 11.5 Å². The van der Waals surface area contributed by atoms with Gasteiger partial charge in [-0.15, -0.1) is 0 Å². The monoisotopic (exact) mass is 412 g/mol. The normalized spacial score (nSPS) is 17.6. The molecule has 30 heavy (non-hydrogen) atoms. The van der Waals surface area contributed by atoms with Gasteiger partial charge in [-0.2, -0.15) is 0 Å². The van der Waals surface area contributed by atoms with Crippen molar-refractivity contribution in [2.75, 3.05) is 26.3 Å². The van der Waals surface area contributed by atoms with E-state index < -0.39 is 0 Å². The number of ether oxygens (including phenoxy) is 2. The average molecular weight is 412 g/mol. The first-order valence-electron chi connectivity index (χ1n) is 10.6. The van der Waals surface area contributed by atoms with Gasteiger partial charge in [-0.1, -0.05) is 19.9 Å². The Kier molecular flexibility index (Phi) is 5.97. The smallest absolute Gasteiger partial charge is 0.289 e. The summed E-state index contributed by atoms with van der Waals surface area (Å²) in [5, 5.41) is 3.22. The van der Waals surface area contributed by atoms with Gasteiger partial charge < -0.3 is 24.1 Å². The van der Waals surface area contributed by atoms with Gasteiger partial charge in [0, 0.05) is 19.0 Å². The van der Waals surface area contributed by atoms with Crippen molar-refractivity contribution in [3.8, 4) is 11.5 Å². The highest BCUT2D eigenvalue weighted by atomic mass is 16.6. The summed E-state index contributed by atoms with van der Waals surface area (Å²) in [5.41, 5.74) is 1.01. The maximum absolute atomic E-state index is 13.0. The van der Waals surface area contributed by atoms with Crippen molar-refractivity contribution in [3.63, 3.8) is 0 Å². The van der Waals surface area contributed by atoms with Crippen LogP contribution in [-0.4, -0.2) is 43.0 Å². The highest BCUT2D eigenvalue weighted by Crippen LogP contribution is 2.34. The SMILES string of the molecule is CC(C)[C@@H](NC(=O)C1CCN(C(=O)c2ccco2)CC1)c1ccc2c(c1)OCCO2. The average Bonchev–Trinajstić information content (AvgIpc) is 3.31. The molecule has 1 atom stereocenters. The van der Waals surface area contributed by atoms with E-state index in [0.717, 1.165) is 17.1 Å². The summed E-state index contributed by atoms with van der Waals surface area (Å²) in [6.45, 7) is 6.36. The van der Waals surface area contributed by atoms with Crippen LogP contribution < -0.4 is 14.8 Å². The molecule has 3 heterocycles. The fraction of sp³-hybridized carbons (Fsp3) is 0.478. The standard InChI is InChI=1S/C23H28N2O5/c1-15(2)21(17-5-6-18-20(14-17)30-13-12-29-18)24-22(26)16-7-9-25(10-8-16)23(27)19-4-3-11-28-19/h3-6,11,14-16,21H,7-10,12-13H2,1-2H3,(H,24,26)/t21-/m1/s1. The van der Waals surface area contributed by atoms with Crippen LogP contribution in [0, 0.1) is 11.8 Å². The minimum atomic E-state index is -0.116. The number of piperidine rings is 1. The fourth-order valence-electron chi connectivity index (χ4n) is 4.06. The Bertz CT molecular complexity index is 885. The lowest BCUT2D eigenvalue weighted by Crippen LogP contribution is -2.44. The molecule has 7 nitrogen and oxygen atoms in total. The second-order valence-corrected chi connectivity index (χ2v) is 8.18. The Labute approximate surface area is 176 Å². The maximum atomic E-state index is 13.0. The lowest BCUT2D eigenvalue weighted by Gasteiger charge is -2.32. The summed E-state index contributed by atoms with van der Waals surface area (Å²) in [6, 6.07) is 9.12. The molecule has 1 N–H and O–H groups in total. The van der Waals surface area contributed by atoms with E-state index in [9.17, 15) is 9.59 Å². The van der Waals surface area contributed by atoms with Crippen LogP contribution in [-0.2, 0) is 4.79 Å². The summed E-state index contributed by atoms with van der Waals surface area (Å²) in [5.74, 6) is 1.84. The van der Waals surface area contributed by atoms with Gasteiger partial charge in [-0.3, -0.25) is 9.59 Å². The third-order valence-corrected chi connectivity index (χ3v) is 5.77. The van der Waals surface area contributed by atoms with Crippen molar-refractivity contribution in [1.29, 1.82) is 0 Å². The number of hydrogen-bond donors (Lipinski definition) is 1. The predicted molar refractivity (Wildman–Crippen MR) is 110 cm³/mol. The van der Waals surface area contributed by atoms with E-state index in [1.54, 1.807) is 17.0 Å². The van der Waals surface area contributed by atoms with E-state index in [1.807, 2.05) is 18.2 Å². The highest BCUT2D eigenvalue weighted by Gasteiger charge is 2.31.